The molecule has 37 heavy (non-hydrogen) atoms. The average molecular weight is 517 g/mol. The van der Waals surface area contributed by atoms with E-state index in [1.54, 1.807) is 12.1 Å². The fourth-order valence-corrected chi connectivity index (χ4v) is 5.46. The van der Waals surface area contributed by atoms with Crippen LogP contribution in [0.5, 0.6) is 5.75 Å². The Morgan fingerprint density at radius 3 is 2.62 bits per heavy atom. The predicted molar refractivity (Wildman–Crippen MR) is 138 cm³/mol. The van der Waals surface area contributed by atoms with Crippen molar-refractivity contribution < 1.29 is 39.5 Å². The average Bonchev–Trinajstić information content (AvgIpc) is 2.81. The van der Waals surface area contributed by atoms with Gasteiger partial charge in [-0.1, -0.05) is 44.2 Å². The topological polar surface area (TPSA) is 134 Å². The summed E-state index contributed by atoms with van der Waals surface area (Å²) < 4.78 is 12.0. The molecule has 8 heteroatoms. The minimum Gasteiger partial charge on any atom is -0.481 e. The smallest absolute Gasteiger partial charge is 0.347 e. The van der Waals surface area contributed by atoms with E-state index in [4.69, 9.17) is 14.6 Å². The van der Waals surface area contributed by atoms with Crippen LogP contribution in [0, 0.1) is 24.7 Å². The van der Waals surface area contributed by atoms with Crippen LogP contribution >= 0.6 is 0 Å². The number of benzene rings is 1. The molecule has 0 spiro atoms. The monoisotopic (exact) mass is 516 g/mol. The van der Waals surface area contributed by atoms with Gasteiger partial charge in [-0.2, -0.15) is 0 Å². The molecule has 1 aromatic carbocycles. The molecule has 0 bridgehead atoms. The molecular formula is C29H40O8. The molecule has 0 saturated heterocycles. The second-order valence-corrected chi connectivity index (χ2v) is 10.4. The molecular weight excluding hydrogens is 476 g/mol. The molecule has 8 atom stereocenters. The van der Waals surface area contributed by atoms with Gasteiger partial charge in [0.1, 0.15) is 11.9 Å². The van der Waals surface area contributed by atoms with E-state index >= 15 is 0 Å². The lowest BCUT2D eigenvalue weighted by Gasteiger charge is -2.43. The van der Waals surface area contributed by atoms with Crippen LogP contribution in [0.15, 0.2) is 48.1 Å². The first kappa shape index (κ1) is 28.9. The summed E-state index contributed by atoms with van der Waals surface area (Å²) in [5.41, 5.74) is 1.93. The van der Waals surface area contributed by atoms with E-state index in [2.05, 4.69) is 13.0 Å². The molecule has 0 aliphatic heterocycles. The number of aliphatic carboxylic acids is 1. The summed E-state index contributed by atoms with van der Waals surface area (Å²) >= 11 is 0. The van der Waals surface area contributed by atoms with Gasteiger partial charge in [0.05, 0.1) is 24.7 Å². The Morgan fingerprint density at radius 1 is 1.19 bits per heavy atom. The zero-order valence-electron chi connectivity index (χ0n) is 21.8. The van der Waals surface area contributed by atoms with E-state index in [0.29, 0.717) is 25.0 Å². The maximum atomic E-state index is 13.2. The van der Waals surface area contributed by atoms with E-state index < -0.39 is 48.9 Å². The van der Waals surface area contributed by atoms with Crippen LogP contribution in [0.2, 0.25) is 0 Å². The summed E-state index contributed by atoms with van der Waals surface area (Å²) in [6.45, 7) is 5.88. The van der Waals surface area contributed by atoms with Gasteiger partial charge >= 0.3 is 11.9 Å². The number of rotatable bonds is 12. The van der Waals surface area contributed by atoms with Gasteiger partial charge in [-0.15, -0.1) is 0 Å². The number of aryl methyl sites for hydroxylation is 1. The molecule has 0 radical (unpaired) electrons. The van der Waals surface area contributed by atoms with E-state index in [1.165, 1.54) is 0 Å². The molecule has 0 saturated carbocycles. The number of esters is 1. The van der Waals surface area contributed by atoms with Crippen LogP contribution < -0.4 is 4.74 Å². The van der Waals surface area contributed by atoms with Crippen molar-refractivity contribution in [1.82, 2.24) is 0 Å². The van der Waals surface area contributed by atoms with Crippen molar-refractivity contribution in [2.75, 3.05) is 0 Å². The predicted octanol–water partition coefficient (Wildman–Crippen LogP) is 3.56. The summed E-state index contributed by atoms with van der Waals surface area (Å²) in [4.78, 5) is 24.0. The van der Waals surface area contributed by atoms with Gasteiger partial charge in [0, 0.05) is 12.3 Å². The summed E-state index contributed by atoms with van der Waals surface area (Å²) in [6.07, 6.45) is 3.07. The van der Waals surface area contributed by atoms with Crippen molar-refractivity contribution in [3.63, 3.8) is 0 Å². The Morgan fingerprint density at radius 2 is 1.95 bits per heavy atom. The lowest BCUT2D eigenvalue weighted by Crippen LogP contribution is -2.44. The second kappa shape index (κ2) is 13.2. The van der Waals surface area contributed by atoms with Crippen LogP contribution in [0.3, 0.4) is 0 Å². The van der Waals surface area contributed by atoms with Crippen LogP contribution in [-0.4, -0.2) is 62.9 Å². The van der Waals surface area contributed by atoms with Crippen molar-refractivity contribution in [2.45, 2.75) is 89.8 Å². The summed E-state index contributed by atoms with van der Waals surface area (Å²) in [5.74, 6) is -0.965. The Labute approximate surface area is 218 Å². The zero-order valence-corrected chi connectivity index (χ0v) is 21.8. The molecule has 0 aromatic heterocycles. The first-order valence-electron chi connectivity index (χ1n) is 13.2. The maximum Gasteiger partial charge on any atom is 0.347 e. The molecule has 1 aromatic rings. The van der Waals surface area contributed by atoms with E-state index in [9.17, 15) is 24.9 Å². The number of hydrogen-bond acceptors (Lipinski definition) is 7. The van der Waals surface area contributed by atoms with Crippen molar-refractivity contribution in [3.8, 4) is 5.75 Å². The van der Waals surface area contributed by atoms with Gasteiger partial charge in [0.25, 0.3) is 0 Å². The lowest BCUT2D eigenvalue weighted by molar-refractivity contribution is -0.163. The SMILES string of the molecule is CCC(Oc1cccc(C)c1)C(=O)O[C@H]1C[C@H](O)C=C2C=C[C@H](C)[C@H](CC[C@@H](O)C[C@@H](O)CC(=O)O)[C@H]21. The van der Waals surface area contributed by atoms with E-state index in [-0.39, 0.29) is 30.6 Å². The number of fused-ring (bicyclic) bond motifs is 1. The maximum absolute atomic E-state index is 13.2. The minimum absolute atomic E-state index is 0.0117. The number of carboxylic acids is 1. The van der Waals surface area contributed by atoms with Crippen molar-refractivity contribution in [1.29, 1.82) is 0 Å². The third-order valence-electron chi connectivity index (χ3n) is 7.33. The number of carbonyl (C=O) groups excluding carboxylic acids is 1. The first-order valence-corrected chi connectivity index (χ1v) is 13.2. The Bertz CT molecular complexity index is 986. The van der Waals surface area contributed by atoms with E-state index in [0.717, 1.165) is 11.1 Å². The number of aliphatic hydroxyl groups is 3. The summed E-state index contributed by atoms with van der Waals surface area (Å²) in [5, 5.41) is 39.6. The Kier molecular flexibility index (Phi) is 10.3. The lowest BCUT2D eigenvalue weighted by atomic mass is 9.66. The standard InChI is InChI=1S/C29H40O8/c1-4-25(36-23-7-5-6-17(2)12-23)29(35)37-26-15-21(31)13-19-9-8-18(3)24(28(19)26)11-10-20(30)14-22(32)16-27(33)34/h5-9,12-13,18,20-22,24-26,28,30-32H,4,10-11,14-16H2,1-3H3,(H,33,34)/t18-,20+,21+,22+,24-,25?,26-,28-/m0/s1. The highest BCUT2D eigenvalue weighted by atomic mass is 16.6. The normalized spacial score (nSPS) is 27.4. The Balaban J connectivity index is 1.70. The van der Waals surface area contributed by atoms with Crippen LogP contribution in [-0.2, 0) is 14.3 Å². The summed E-state index contributed by atoms with van der Waals surface area (Å²) in [7, 11) is 0. The molecule has 2 aliphatic rings. The number of allylic oxidation sites excluding steroid dienone is 2. The highest BCUT2D eigenvalue weighted by Crippen LogP contribution is 2.44. The third kappa shape index (κ3) is 8.15. The number of ether oxygens (including phenoxy) is 2. The van der Waals surface area contributed by atoms with Crippen molar-refractivity contribution in [2.24, 2.45) is 17.8 Å². The quantitative estimate of drug-likeness (QED) is 0.310. The van der Waals surface area contributed by atoms with Gasteiger partial charge < -0.3 is 29.9 Å². The van der Waals surface area contributed by atoms with Gasteiger partial charge in [-0.25, -0.2) is 4.79 Å². The number of carboxylic acid groups (broad SMARTS) is 1. The molecule has 0 fully saturated rings. The van der Waals surface area contributed by atoms with Gasteiger partial charge in [0.2, 0.25) is 0 Å². The number of carbonyl (C=O) groups is 2. The molecule has 1 unspecified atom stereocenters. The highest BCUT2D eigenvalue weighted by molar-refractivity contribution is 5.75. The molecule has 2 aliphatic carbocycles. The van der Waals surface area contributed by atoms with Crippen LogP contribution in [0.25, 0.3) is 0 Å². The third-order valence-corrected chi connectivity index (χ3v) is 7.33. The fourth-order valence-electron chi connectivity index (χ4n) is 5.46. The molecule has 0 amide bonds. The van der Waals surface area contributed by atoms with E-state index in [1.807, 2.05) is 38.1 Å². The fraction of sp³-hybridized carbons (Fsp3) is 0.586. The number of hydrogen-bond donors (Lipinski definition) is 4. The summed E-state index contributed by atoms with van der Waals surface area (Å²) in [6, 6.07) is 7.48. The van der Waals surface area contributed by atoms with Crippen LogP contribution in [0.1, 0.15) is 57.9 Å². The highest BCUT2D eigenvalue weighted by Gasteiger charge is 2.42. The van der Waals surface area contributed by atoms with Gasteiger partial charge in [-0.3, -0.25) is 4.79 Å². The largest absolute Gasteiger partial charge is 0.481 e. The Hall–Kier alpha value is -2.68. The van der Waals surface area contributed by atoms with Crippen LogP contribution in [0.4, 0.5) is 0 Å². The molecule has 4 N–H and O–H groups in total. The number of aliphatic hydroxyl groups excluding tert-OH is 3. The minimum atomic E-state index is -1.11. The molecule has 3 rings (SSSR count). The molecule has 204 valence electrons. The van der Waals surface area contributed by atoms with Crippen molar-refractivity contribution in [3.05, 3.63) is 53.6 Å². The molecule has 8 nitrogen and oxygen atoms in total. The van der Waals surface area contributed by atoms with Gasteiger partial charge in [-0.05, 0) is 67.7 Å². The first-order chi connectivity index (χ1) is 17.6. The second-order valence-electron chi connectivity index (χ2n) is 10.4. The van der Waals surface area contributed by atoms with Crippen molar-refractivity contribution >= 4 is 11.9 Å². The molecule has 0 heterocycles. The zero-order chi connectivity index (χ0) is 27.1. The van der Waals surface area contributed by atoms with Gasteiger partial charge in [0.15, 0.2) is 6.10 Å².